The number of hydrogen-bond acceptors (Lipinski definition) is 6. The Morgan fingerprint density at radius 1 is 1.41 bits per heavy atom. The van der Waals surface area contributed by atoms with Gasteiger partial charge in [-0.15, -0.1) is 4.72 Å². The average molecular weight is 393 g/mol. The molecule has 0 amide bonds. The van der Waals surface area contributed by atoms with Gasteiger partial charge in [0, 0.05) is 13.5 Å². The molecule has 4 rings (SSSR count). The molecule has 0 radical (unpaired) electrons. The third-order valence-electron chi connectivity index (χ3n) is 5.44. The number of fused-ring (bicyclic) bond motifs is 1. The van der Waals surface area contributed by atoms with Crippen LogP contribution in [0.1, 0.15) is 18.4 Å². The lowest BCUT2D eigenvalue weighted by Gasteiger charge is -2.46. The predicted octanol–water partition coefficient (Wildman–Crippen LogP) is 1.16. The zero-order valence-corrected chi connectivity index (χ0v) is 15.9. The number of carbonyl (C=O) groups excluding carboxylic acids is 1. The highest BCUT2D eigenvalue weighted by Crippen LogP contribution is 2.50. The lowest BCUT2D eigenvalue weighted by molar-refractivity contribution is -0.166. The van der Waals surface area contributed by atoms with Crippen LogP contribution >= 0.6 is 0 Å². The van der Waals surface area contributed by atoms with Crippen molar-refractivity contribution in [3.63, 3.8) is 0 Å². The summed E-state index contributed by atoms with van der Waals surface area (Å²) in [6, 6.07) is 8.92. The standard InChI is InChI=1S/C19H23NO6S/c1-24-10-8-17(21)25-18-15(11-13-5-3-2-4-6-13)20-27(22,23)16-12-14-7-9-19(16,18)26-14/h2-7,9,14-16,18H,8,10-12H2,1H3,(H-,20,22,23)/t14?,15-,16-,18+,19+/m0/s1. The van der Waals surface area contributed by atoms with E-state index in [0.29, 0.717) is 12.8 Å². The monoisotopic (exact) mass is 393 g/mol. The molecule has 1 aromatic rings. The number of sulfonamides is 1. The minimum Gasteiger partial charge on any atom is -0.597 e. The molecule has 27 heavy (non-hydrogen) atoms. The van der Waals surface area contributed by atoms with Gasteiger partial charge in [0.05, 0.1) is 25.2 Å². The van der Waals surface area contributed by atoms with Gasteiger partial charge in [0.1, 0.15) is 10.4 Å². The first kappa shape index (κ1) is 18.8. The van der Waals surface area contributed by atoms with Crippen molar-refractivity contribution >= 4 is 16.4 Å². The predicted molar refractivity (Wildman–Crippen MR) is 97.4 cm³/mol. The average Bonchev–Trinajstić information content (AvgIpc) is 3.24. The zero-order valence-electron chi connectivity index (χ0n) is 15.0. The highest BCUT2D eigenvalue weighted by molar-refractivity contribution is 7.96. The van der Waals surface area contributed by atoms with Crippen molar-refractivity contribution in [3.05, 3.63) is 48.0 Å². The summed E-state index contributed by atoms with van der Waals surface area (Å²) >= 11 is 0. The van der Waals surface area contributed by atoms with E-state index in [2.05, 4.69) is 4.72 Å². The highest BCUT2D eigenvalue weighted by Gasteiger charge is 2.69. The Balaban J connectivity index is 1.65. The van der Waals surface area contributed by atoms with Crippen LogP contribution in [-0.4, -0.2) is 53.3 Å². The molecule has 1 aromatic carbocycles. The van der Waals surface area contributed by atoms with Gasteiger partial charge < -0.3 is 18.8 Å². The molecule has 8 heteroatoms. The maximum absolute atomic E-state index is 12.9. The molecular formula is C19H23NO6S. The summed E-state index contributed by atoms with van der Waals surface area (Å²) in [6.07, 6.45) is 3.52. The molecule has 0 aliphatic carbocycles. The van der Waals surface area contributed by atoms with Gasteiger partial charge in [-0.1, -0.05) is 40.6 Å². The Kier molecular flexibility index (Phi) is 4.94. The maximum Gasteiger partial charge on any atom is 0.308 e. The smallest absolute Gasteiger partial charge is 0.308 e. The lowest BCUT2D eigenvalue weighted by Crippen LogP contribution is -2.70. The van der Waals surface area contributed by atoms with Crippen molar-refractivity contribution < 1.29 is 27.8 Å². The fraction of sp³-hybridized carbons (Fsp3) is 0.526. The van der Waals surface area contributed by atoms with E-state index in [9.17, 15) is 13.6 Å². The van der Waals surface area contributed by atoms with E-state index in [1.165, 1.54) is 7.11 Å². The van der Waals surface area contributed by atoms with E-state index < -0.39 is 39.4 Å². The number of hydrogen-bond donors (Lipinski definition) is 1. The Morgan fingerprint density at radius 2 is 2.19 bits per heavy atom. The van der Waals surface area contributed by atoms with Gasteiger partial charge in [0.2, 0.25) is 0 Å². The quantitative estimate of drug-likeness (QED) is 0.443. The van der Waals surface area contributed by atoms with Gasteiger partial charge in [-0.2, -0.15) is 0 Å². The van der Waals surface area contributed by atoms with Crippen LogP contribution in [0.4, 0.5) is 0 Å². The lowest BCUT2D eigenvalue weighted by atomic mass is 9.83. The Labute approximate surface area is 159 Å². The van der Waals surface area contributed by atoms with Gasteiger partial charge in [-0.05, 0) is 18.1 Å². The van der Waals surface area contributed by atoms with Gasteiger partial charge in [-0.25, -0.2) is 0 Å². The first-order valence-corrected chi connectivity index (χ1v) is 10.6. The van der Waals surface area contributed by atoms with Crippen LogP contribution in [0.5, 0.6) is 0 Å². The first-order chi connectivity index (χ1) is 12.9. The van der Waals surface area contributed by atoms with E-state index in [1.807, 2.05) is 36.4 Å². The molecule has 2 bridgehead atoms. The largest absolute Gasteiger partial charge is 0.597 e. The zero-order chi connectivity index (χ0) is 19.1. The first-order valence-electron chi connectivity index (χ1n) is 9.05. The number of methoxy groups -OCH3 is 1. The molecule has 2 unspecified atom stereocenters. The Bertz CT molecular complexity index is 784. The summed E-state index contributed by atoms with van der Waals surface area (Å²) in [6.45, 7) is 0.246. The van der Waals surface area contributed by atoms with Crippen molar-refractivity contribution in [1.29, 1.82) is 0 Å². The molecule has 3 aliphatic heterocycles. The molecule has 6 atom stereocenters. The fourth-order valence-corrected chi connectivity index (χ4v) is 6.25. The minimum absolute atomic E-state index is 0.103. The third kappa shape index (κ3) is 3.36. The summed E-state index contributed by atoms with van der Waals surface area (Å²) in [5.74, 6) is -0.429. The van der Waals surface area contributed by atoms with Crippen LogP contribution in [0, 0.1) is 0 Å². The molecule has 146 valence electrons. The van der Waals surface area contributed by atoms with E-state index in [1.54, 1.807) is 6.08 Å². The van der Waals surface area contributed by atoms with Crippen LogP contribution in [0.15, 0.2) is 42.5 Å². The van der Waals surface area contributed by atoms with E-state index >= 15 is 0 Å². The minimum atomic E-state index is -3.60. The molecule has 3 heterocycles. The van der Waals surface area contributed by atoms with Crippen molar-refractivity contribution in [2.24, 2.45) is 0 Å². The number of ether oxygens (including phenoxy) is 3. The number of esters is 1. The Morgan fingerprint density at radius 3 is 2.89 bits per heavy atom. The summed E-state index contributed by atoms with van der Waals surface area (Å²) in [5, 5.41) is -0.757. The molecule has 0 saturated carbocycles. The molecule has 2 fully saturated rings. The van der Waals surface area contributed by atoms with E-state index in [0.717, 1.165) is 5.56 Å². The fourth-order valence-electron chi connectivity index (χ4n) is 4.26. The second-order valence-electron chi connectivity index (χ2n) is 7.21. The molecule has 3 aliphatic rings. The molecule has 1 spiro atoms. The van der Waals surface area contributed by atoms with E-state index in [-0.39, 0.29) is 19.1 Å². The topological polar surface area (TPSA) is 96.9 Å². The second-order valence-corrected chi connectivity index (χ2v) is 9.10. The van der Waals surface area contributed by atoms with Crippen LogP contribution in [0.25, 0.3) is 0 Å². The van der Waals surface area contributed by atoms with Gasteiger partial charge >= 0.3 is 5.97 Å². The maximum atomic E-state index is 12.9. The number of benzene rings is 1. The number of carbonyl (C=O) groups is 1. The second kappa shape index (κ2) is 7.10. The molecule has 0 aromatic heterocycles. The summed E-state index contributed by atoms with van der Waals surface area (Å²) in [4.78, 5) is 12.3. The van der Waals surface area contributed by atoms with Crippen LogP contribution < -0.4 is 4.72 Å². The van der Waals surface area contributed by atoms with Crippen molar-refractivity contribution in [3.8, 4) is 0 Å². The number of rotatable bonds is 6. The summed E-state index contributed by atoms with van der Waals surface area (Å²) in [5.41, 5.74) is -0.175. The number of nitrogens with one attached hydrogen (secondary N) is 1. The van der Waals surface area contributed by atoms with Crippen molar-refractivity contribution in [2.45, 2.75) is 48.4 Å². The molecular weight excluding hydrogens is 370 g/mol. The van der Waals surface area contributed by atoms with Crippen molar-refractivity contribution in [1.82, 2.24) is 4.72 Å². The summed E-state index contributed by atoms with van der Waals surface area (Å²) < 4.78 is 45.3. The van der Waals surface area contributed by atoms with Gasteiger partial charge in [0.25, 0.3) is 0 Å². The van der Waals surface area contributed by atoms with Gasteiger partial charge in [0.15, 0.2) is 17.0 Å². The highest BCUT2D eigenvalue weighted by atomic mass is 32.3. The molecule has 1 N–H and O–H groups in total. The Hall–Kier alpha value is -1.58. The van der Waals surface area contributed by atoms with Crippen LogP contribution in [-0.2, 0) is 40.0 Å². The van der Waals surface area contributed by atoms with Crippen LogP contribution in [0.2, 0.25) is 0 Å². The van der Waals surface area contributed by atoms with Gasteiger partial charge in [-0.3, -0.25) is 4.79 Å². The summed E-state index contributed by atoms with van der Waals surface area (Å²) in [7, 11) is -2.08. The van der Waals surface area contributed by atoms with Crippen molar-refractivity contribution in [2.75, 3.05) is 13.7 Å². The third-order valence-corrected chi connectivity index (χ3v) is 7.39. The SMILES string of the molecule is COCCC(=O)O[C@@H]1[C@H](Cc2ccccc2)N[S+](=O)([O-])[C@H]2CC3C=C[C@]12O3. The molecule has 7 nitrogen and oxygen atoms in total. The molecule has 2 saturated heterocycles. The van der Waals surface area contributed by atoms with E-state index in [4.69, 9.17) is 14.2 Å². The normalized spacial score (nSPS) is 39.3. The van der Waals surface area contributed by atoms with Crippen LogP contribution in [0.3, 0.4) is 0 Å².